The van der Waals surface area contributed by atoms with E-state index in [4.69, 9.17) is 0 Å². The second-order valence-electron chi connectivity index (χ2n) is 5.78. The second kappa shape index (κ2) is 7.88. The molecule has 1 heterocycles. The minimum absolute atomic E-state index is 0.128. The Morgan fingerprint density at radius 2 is 2.08 bits per heavy atom. The molecule has 5 nitrogen and oxygen atoms in total. The van der Waals surface area contributed by atoms with Crippen molar-refractivity contribution in [3.63, 3.8) is 0 Å². The maximum absolute atomic E-state index is 12.4. The van der Waals surface area contributed by atoms with Crippen LogP contribution in [0.15, 0.2) is 47.3 Å². The summed E-state index contributed by atoms with van der Waals surface area (Å²) in [4.78, 5) is 28.6. The van der Waals surface area contributed by atoms with E-state index >= 15 is 0 Å². The van der Waals surface area contributed by atoms with Gasteiger partial charge < -0.3 is 10.6 Å². The molecule has 0 radical (unpaired) electrons. The Labute approximate surface area is 144 Å². The van der Waals surface area contributed by atoms with Gasteiger partial charge in [-0.05, 0) is 24.5 Å². The maximum Gasteiger partial charge on any atom is 0.244 e. The molecule has 2 amide bonds. The minimum atomic E-state index is -0.583. The van der Waals surface area contributed by atoms with Crippen molar-refractivity contribution in [1.82, 2.24) is 15.6 Å². The normalized spacial score (nSPS) is 15.2. The monoisotopic (exact) mass is 341 g/mol. The number of carbonyl (C=O) groups excluding carboxylic acids is 2. The third-order valence-corrected chi connectivity index (χ3v) is 4.30. The number of rotatable bonds is 7. The van der Waals surface area contributed by atoms with Crippen molar-refractivity contribution in [2.45, 2.75) is 31.3 Å². The first-order chi connectivity index (χ1) is 11.7. The van der Waals surface area contributed by atoms with Crippen LogP contribution in [0.3, 0.4) is 0 Å². The van der Waals surface area contributed by atoms with Gasteiger partial charge in [-0.3, -0.25) is 9.59 Å². The van der Waals surface area contributed by atoms with E-state index in [1.807, 2.05) is 35.7 Å². The van der Waals surface area contributed by atoms with Crippen LogP contribution in [0.25, 0.3) is 6.08 Å². The van der Waals surface area contributed by atoms with Crippen molar-refractivity contribution >= 4 is 29.2 Å². The molecule has 1 aliphatic carbocycles. The average molecular weight is 341 g/mol. The van der Waals surface area contributed by atoms with Crippen LogP contribution in [0.5, 0.6) is 0 Å². The molecule has 24 heavy (non-hydrogen) atoms. The van der Waals surface area contributed by atoms with Crippen LogP contribution in [0, 0.1) is 0 Å². The van der Waals surface area contributed by atoms with Crippen molar-refractivity contribution in [2.75, 3.05) is 0 Å². The summed E-state index contributed by atoms with van der Waals surface area (Å²) < 4.78 is 0. The summed E-state index contributed by atoms with van der Waals surface area (Å²) in [7, 11) is 0. The van der Waals surface area contributed by atoms with E-state index in [-0.39, 0.29) is 17.9 Å². The second-order valence-corrected chi connectivity index (χ2v) is 6.50. The largest absolute Gasteiger partial charge is 0.352 e. The van der Waals surface area contributed by atoms with Gasteiger partial charge >= 0.3 is 0 Å². The summed E-state index contributed by atoms with van der Waals surface area (Å²) in [6.07, 6.45) is 5.56. The molecule has 0 spiro atoms. The highest BCUT2D eigenvalue weighted by Crippen LogP contribution is 2.19. The highest BCUT2D eigenvalue weighted by Gasteiger charge is 2.28. The molecule has 0 unspecified atom stereocenters. The molecule has 1 fully saturated rings. The number of hydrogen-bond donors (Lipinski definition) is 2. The van der Waals surface area contributed by atoms with Crippen LogP contribution in [0.1, 0.15) is 24.1 Å². The number of carbonyl (C=O) groups is 2. The lowest BCUT2D eigenvalue weighted by Gasteiger charge is -2.17. The molecule has 3 rings (SSSR count). The van der Waals surface area contributed by atoms with Gasteiger partial charge in [0.05, 0.1) is 11.2 Å². The lowest BCUT2D eigenvalue weighted by Crippen LogP contribution is -2.48. The van der Waals surface area contributed by atoms with Crippen LogP contribution in [-0.4, -0.2) is 28.9 Å². The van der Waals surface area contributed by atoms with Crippen LogP contribution in [0.2, 0.25) is 0 Å². The van der Waals surface area contributed by atoms with E-state index in [0.717, 1.165) is 24.1 Å². The molecule has 1 aliphatic rings. The fourth-order valence-electron chi connectivity index (χ4n) is 2.27. The van der Waals surface area contributed by atoms with Crippen molar-refractivity contribution in [3.8, 4) is 0 Å². The number of nitrogens with one attached hydrogen (secondary N) is 2. The van der Waals surface area contributed by atoms with Crippen molar-refractivity contribution in [1.29, 1.82) is 0 Å². The minimum Gasteiger partial charge on any atom is -0.352 e. The number of thiazole rings is 1. The van der Waals surface area contributed by atoms with E-state index in [9.17, 15) is 9.59 Å². The van der Waals surface area contributed by atoms with Crippen molar-refractivity contribution in [3.05, 3.63) is 58.6 Å². The first-order valence-corrected chi connectivity index (χ1v) is 8.86. The Morgan fingerprint density at radius 1 is 1.29 bits per heavy atom. The molecule has 1 saturated carbocycles. The first kappa shape index (κ1) is 16.4. The van der Waals surface area contributed by atoms with E-state index in [0.29, 0.717) is 6.42 Å². The number of nitrogens with zero attached hydrogens (tertiary/aromatic N) is 1. The standard InChI is InChI=1S/C18H19N3O2S/c22-17(9-8-15-11-24-12-19-15)21-16(18(23)20-14-6-7-14)10-13-4-2-1-3-5-13/h1-5,8-9,11-12,14,16H,6-7,10H2,(H,20,23)(H,21,22)/b9-8-/t16-/m1/s1. The lowest BCUT2D eigenvalue weighted by molar-refractivity contribution is -0.127. The number of hydrogen-bond acceptors (Lipinski definition) is 4. The van der Waals surface area contributed by atoms with Gasteiger partial charge in [0.25, 0.3) is 0 Å². The zero-order chi connectivity index (χ0) is 16.8. The Morgan fingerprint density at radius 3 is 2.75 bits per heavy atom. The fraction of sp³-hybridized carbons (Fsp3) is 0.278. The molecule has 0 aliphatic heterocycles. The molecule has 124 valence electrons. The average Bonchev–Trinajstić information content (AvgIpc) is 3.24. The third-order valence-electron chi connectivity index (χ3n) is 3.70. The maximum atomic E-state index is 12.4. The SMILES string of the molecule is O=C(/C=C\c1cscn1)N[C@H](Cc1ccccc1)C(=O)NC1CC1. The predicted molar refractivity (Wildman–Crippen MR) is 94.4 cm³/mol. The summed E-state index contributed by atoms with van der Waals surface area (Å²) in [6, 6.07) is 9.37. The third kappa shape index (κ3) is 5.03. The molecule has 1 aromatic heterocycles. The van der Waals surface area contributed by atoms with E-state index < -0.39 is 6.04 Å². The molecule has 0 bridgehead atoms. The molecular weight excluding hydrogens is 322 g/mol. The van der Waals surface area contributed by atoms with Gasteiger partial charge in [-0.15, -0.1) is 11.3 Å². The lowest BCUT2D eigenvalue weighted by atomic mass is 10.1. The quantitative estimate of drug-likeness (QED) is 0.758. The summed E-state index contributed by atoms with van der Waals surface area (Å²) in [6.45, 7) is 0. The fourth-order valence-corrected chi connectivity index (χ4v) is 2.80. The zero-order valence-electron chi connectivity index (χ0n) is 13.1. The van der Waals surface area contributed by atoms with Crippen molar-refractivity contribution in [2.24, 2.45) is 0 Å². The molecule has 0 saturated heterocycles. The molecule has 1 aromatic carbocycles. The van der Waals surface area contributed by atoms with Crippen LogP contribution in [-0.2, 0) is 16.0 Å². The summed E-state index contributed by atoms with van der Waals surface area (Å²) in [5.41, 5.74) is 3.45. The molecule has 2 aromatic rings. The Hall–Kier alpha value is -2.47. The topological polar surface area (TPSA) is 71.1 Å². The van der Waals surface area contributed by atoms with Crippen LogP contribution < -0.4 is 10.6 Å². The summed E-state index contributed by atoms with van der Waals surface area (Å²) >= 11 is 1.47. The highest BCUT2D eigenvalue weighted by atomic mass is 32.1. The van der Waals surface area contributed by atoms with E-state index in [2.05, 4.69) is 15.6 Å². The predicted octanol–water partition coefficient (Wildman–Crippen LogP) is 2.16. The van der Waals surface area contributed by atoms with Gasteiger partial charge in [0.1, 0.15) is 6.04 Å². The molecule has 2 N–H and O–H groups in total. The van der Waals surface area contributed by atoms with E-state index in [1.165, 1.54) is 17.4 Å². The van der Waals surface area contributed by atoms with Gasteiger partial charge in [0.2, 0.25) is 11.8 Å². The van der Waals surface area contributed by atoms with E-state index in [1.54, 1.807) is 11.6 Å². The van der Waals surface area contributed by atoms with Gasteiger partial charge in [0, 0.05) is 23.9 Å². The summed E-state index contributed by atoms with van der Waals surface area (Å²) in [5, 5.41) is 7.61. The zero-order valence-corrected chi connectivity index (χ0v) is 14.0. The number of aromatic nitrogens is 1. The Kier molecular flexibility index (Phi) is 5.38. The highest BCUT2D eigenvalue weighted by molar-refractivity contribution is 7.07. The van der Waals surface area contributed by atoms with Crippen LogP contribution >= 0.6 is 11.3 Å². The molecule has 6 heteroatoms. The Balaban J connectivity index is 1.64. The smallest absolute Gasteiger partial charge is 0.244 e. The molecule has 1 atom stereocenters. The van der Waals surface area contributed by atoms with Gasteiger partial charge in [-0.2, -0.15) is 0 Å². The number of benzene rings is 1. The van der Waals surface area contributed by atoms with Crippen LogP contribution in [0.4, 0.5) is 0 Å². The van der Waals surface area contributed by atoms with Gasteiger partial charge in [0.15, 0.2) is 0 Å². The van der Waals surface area contributed by atoms with Crippen molar-refractivity contribution < 1.29 is 9.59 Å². The summed E-state index contributed by atoms with van der Waals surface area (Å²) in [5.74, 6) is -0.424. The molecular formula is C18H19N3O2S. The Bertz CT molecular complexity index is 709. The number of amides is 2. The van der Waals surface area contributed by atoms with Gasteiger partial charge in [-0.25, -0.2) is 4.98 Å². The first-order valence-electron chi connectivity index (χ1n) is 7.92. The van der Waals surface area contributed by atoms with Gasteiger partial charge in [-0.1, -0.05) is 30.3 Å².